The van der Waals surface area contributed by atoms with Crippen LogP contribution in [0.4, 0.5) is 5.69 Å². The summed E-state index contributed by atoms with van der Waals surface area (Å²) in [6.07, 6.45) is 6.85. The van der Waals surface area contributed by atoms with Crippen LogP contribution in [0.3, 0.4) is 0 Å². The zero-order valence-corrected chi connectivity index (χ0v) is 19.6. The number of anilines is 1. The maximum absolute atomic E-state index is 12.6. The van der Waals surface area contributed by atoms with Gasteiger partial charge in [0.2, 0.25) is 5.91 Å². The van der Waals surface area contributed by atoms with Crippen LogP contribution in [-0.2, 0) is 19.1 Å². The highest BCUT2D eigenvalue weighted by molar-refractivity contribution is 5.96. The fourth-order valence-corrected chi connectivity index (χ4v) is 6.52. The average molecular weight is 459 g/mol. The predicted molar refractivity (Wildman–Crippen MR) is 122 cm³/mol. The Morgan fingerprint density at radius 2 is 1.67 bits per heavy atom. The summed E-state index contributed by atoms with van der Waals surface area (Å²) in [4.78, 5) is 37.3. The molecule has 4 aliphatic carbocycles. The summed E-state index contributed by atoms with van der Waals surface area (Å²) in [5, 5.41) is 5.39. The fourth-order valence-electron chi connectivity index (χ4n) is 6.52. The van der Waals surface area contributed by atoms with Crippen LogP contribution in [0.1, 0.15) is 51.9 Å². The molecule has 0 aromatic heterocycles. The lowest BCUT2D eigenvalue weighted by molar-refractivity contribution is -0.153. The molecule has 33 heavy (non-hydrogen) atoms. The molecule has 0 radical (unpaired) electrons. The van der Waals surface area contributed by atoms with Gasteiger partial charge in [0.05, 0.1) is 19.9 Å². The monoisotopic (exact) mass is 458 g/mol. The molecule has 2 amide bonds. The minimum absolute atomic E-state index is 0.105. The van der Waals surface area contributed by atoms with Gasteiger partial charge in [-0.1, -0.05) is 0 Å². The Morgan fingerprint density at radius 1 is 1.03 bits per heavy atom. The Bertz CT molecular complexity index is 879. The van der Waals surface area contributed by atoms with Crippen molar-refractivity contribution in [3.05, 3.63) is 18.2 Å². The molecule has 8 nitrogen and oxygen atoms in total. The van der Waals surface area contributed by atoms with Gasteiger partial charge < -0.3 is 24.8 Å². The van der Waals surface area contributed by atoms with Crippen LogP contribution in [0.2, 0.25) is 0 Å². The van der Waals surface area contributed by atoms with Gasteiger partial charge in [-0.3, -0.25) is 14.4 Å². The van der Waals surface area contributed by atoms with Gasteiger partial charge in [-0.05, 0) is 80.8 Å². The van der Waals surface area contributed by atoms with Crippen molar-refractivity contribution in [2.45, 2.75) is 58.0 Å². The third-order valence-electron chi connectivity index (χ3n) is 7.47. The van der Waals surface area contributed by atoms with Gasteiger partial charge in [-0.2, -0.15) is 0 Å². The number of carbonyl (C=O) groups is 3. The summed E-state index contributed by atoms with van der Waals surface area (Å²) >= 11 is 0. The number of carbonyl (C=O) groups excluding carboxylic acids is 3. The van der Waals surface area contributed by atoms with Crippen molar-refractivity contribution < 1.29 is 28.6 Å². The molecule has 1 unspecified atom stereocenters. The Kier molecular flexibility index (Phi) is 6.81. The van der Waals surface area contributed by atoms with Crippen molar-refractivity contribution in [3.63, 3.8) is 0 Å². The third kappa shape index (κ3) is 5.42. The normalized spacial score (nSPS) is 28.0. The van der Waals surface area contributed by atoms with Crippen molar-refractivity contribution in [2.24, 2.45) is 23.2 Å². The molecule has 1 atom stereocenters. The molecule has 180 valence electrons. The molecule has 1 aromatic rings. The first-order chi connectivity index (χ1) is 15.8. The quantitative estimate of drug-likeness (QED) is 0.551. The first-order valence-electron chi connectivity index (χ1n) is 11.8. The summed E-state index contributed by atoms with van der Waals surface area (Å²) in [5.74, 6) is 2.08. The summed E-state index contributed by atoms with van der Waals surface area (Å²) in [5.41, 5.74) is 0.528. The topological polar surface area (TPSA) is 103 Å². The van der Waals surface area contributed by atoms with Gasteiger partial charge in [0.15, 0.2) is 6.10 Å². The van der Waals surface area contributed by atoms with Crippen molar-refractivity contribution in [1.29, 1.82) is 0 Å². The van der Waals surface area contributed by atoms with E-state index in [9.17, 15) is 14.4 Å². The second-order valence-electron chi connectivity index (χ2n) is 10.1. The van der Waals surface area contributed by atoms with Gasteiger partial charge in [-0.25, -0.2) is 0 Å². The second-order valence-corrected chi connectivity index (χ2v) is 10.1. The first-order valence-corrected chi connectivity index (χ1v) is 11.8. The third-order valence-corrected chi connectivity index (χ3v) is 7.47. The van der Waals surface area contributed by atoms with E-state index in [1.807, 2.05) is 0 Å². The fraction of sp³-hybridized carbons (Fsp3) is 0.640. The molecule has 4 saturated carbocycles. The standard InChI is InChI=1S/C25H34N2O6/c1-15(24(30)27-20-9-19(31-2)4-5-21(20)32-3)33-23(29)14-26-22(28)13-25-10-16-6-17(11-25)8-18(7-16)12-25/h4-5,9,15-18H,6-8,10-14H2,1-3H3,(H,26,28)(H,27,30). The molecule has 4 bridgehead atoms. The molecule has 0 heterocycles. The van der Waals surface area contributed by atoms with Gasteiger partial charge in [-0.15, -0.1) is 0 Å². The SMILES string of the molecule is COc1ccc(OC)c(NC(=O)C(C)OC(=O)CNC(=O)CC23CC4CC(CC(C4)C2)C3)c1. The number of hydrogen-bond donors (Lipinski definition) is 2. The summed E-state index contributed by atoms with van der Waals surface area (Å²) < 4.78 is 15.6. The lowest BCUT2D eigenvalue weighted by Crippen LogP contribution is -2.48. The van der Waals surface area contributed by atoms with Crippen LogP contribution in [0.5, 0.6) is 11.5 Å². The van der Waals surface area contributed by atoms with Gasteiger partial charge >= 0.3 is 5.97 Å². The lowest BCUT2D eigenvalue weighted by atomic mass is 9.49. The molecule has 1 aromatic carbocycles. The summed E-state index contributed by atoms with van der Waals surface area (Å²) in [7, 11) is 3.02. The number of amides is 2. The van der Waals surface area contributed by atoms with Crippen molar-refractivity contribution >= 4 is 23.5 Å². The van der Waals surface area contributed by atoms with Crippen LogP contribution in [0.25, 0.3) is 0 Å². The highest BCUT2D eigenvalue weighted by Gasteiger charge is 2.51. The number of rotatable bonds is 9. The van der Waals surface area contributed by atoms with Crippen molar-refractivity contribution in [1.82, 2.24) is 5.32 Å². The van der Waals surface area contributed by atoms with E-state index in [0.29, 0.717) is 23.6 Å². The predicted octanol–water partition coefficient (Wildman–Crippen LogP) is 3.30. The summed E-state index contributed by atoms with van der Waals surface area (Å²) in [6.45, 7) is 1.24. The van der Waals surface area contributed by atoms with Crippen LogP contribution in [0.15, 0.2) is 18.2 Å². The molecule has 8 heteroatoms. The minimum atomic E-state index is -1.03. The highest BCUT2D eigenvalue weighted by Crippen LogP contribution is 2.61. The van der Waals surface area contributed by atoms with E-state index in [0.717, 1.165) is 37.0 Å². The lowest BCUT2D eigenvalue weighted by Gasteiger charge is -2.56. The van der Waals surface area contributed by atoms with E-state index in [1.165, 1.54) is 40.4 Å². The molecular formula is C25H34N2O6. The van der Waals surface area contributed by atoms with Crippen molar-refractivity contribution in [3.8, 4) is 11.5 Å². The molecule has 5 rings (SSSR count). The van der Waals surface area contributed by atoms with E-state index in [2.05, 4.69) is 10.6 Å². The Balaban J connectivity index is 1.23. The maximum atomic E-state index is 12.6. The van der Waals surface area contributed by atoms with Crippen molar-refractivity contribution in [2.75, 3.05) is 26.1 Å². The molecule has 0 aliphatic heterocycles. The van der Waals surface area contributed by atoms with E-state index < -0.39 is 18.0 Å². The van der Waals surface area contributed by atoms with Gasteiger partial charge in [0.1, 0.15) is 18.0 Å². The Morgan fingerprint density at radius 3 is 2.24 bits per heavy atom. The minimum Gasteiger partial charge on any atom is -0.497 e. The summed E-state index contributed by atoms with van der Waals surface area (Å²) in [6, 6.07) is 5.00. The van der Waals surface area contributed by atoms with Crippen LogP contribution in [-0.4, -0.2) is 44.7 Å². The highest BCUT2D eigenvalue weighted by atomic mass is 16.5. The zero-order valence-electron chi connectivity index (χ0n) is 19.6. The average Bonchev–Trinajstić information content (AvgIpc) is 2.76. The zero-order chi connectivity index (χ0) is 23.6. The van der Waals surface area contributed by atoms with E-state index in [1.54, 1.807) is 18.2 Å². The van der Waals surface area contributed by atoms with Crippen LogP contribution < -0.4 is 20.1 Å². The molecule has 0 saturated heterocycles. The Hall–Kier alpha value is -2.77. The van der Waals surface area contributed by atoms with E-state index in [-0.39, 0.29) is 17.9 Å². The number of esters is 1. The first kappa shape index (κ1) is 23.4. The smallest absolute Gasteiger partial charge is 0.326 e. The number of nitrogens with one attached hydrogen (secondary N) is 2. The van der Waals surface area contributed by atoms with Crippen LogP contribution >= 0.6 is 0 Å². The molecule has 0 spiro atoms. The van der Waals surface area contributed by atoms with Crippen LogP contribution in [0, 0.1) is 23.2 Å². The van der Waals surface area contributed by atoms with Gasteiger partial charge in [0, 0.05) is 12.5 Å². The number of ether oxygens (including phenoxy) is 3. The van der Waals surface area contributed by atoms with E-state index >= 15 is 0 Å². The maximum Gasteiger partial charge on any atom is 0.326 e. The molecule has 4 fully saturated rings. The Labute approximate surface area is 194 Å². The number of methoxy groups -OCH3 is 2. The molecular weight excluding hydrogens is 424 g/mol. The van der Waals surface area contributed by atoms with Gasteiger partial charge in [0.25, 0.3) is 5.91 Å². The number of hydrogen-bond acceptors (Lipinski definition) is 6. The second kappa shape index (κ2) is 9.61. The largest absolute Gasteiger partial charge is 0.497 e. The number of benzene rings is 1. The molecule has 2 N–H and O–H groups in total. The molecule has 4 aliphatic rings. The van der Waals surface area contributed by atoms with E-state index in [4.69, 9.17) is 14.2 Å².